The number of halogens is 1. The van der Waals surface area contributed by atoms with Crippen LogP contribution in [-0.4, -0.2) is 59.6 Å². The molecule has 0 bridgehead atoms. The van der Waals surface area contributed by atoms with Gasteiger partial charge >= 0.3 is 0 Å². The fraction of sp³-hybridized carbons (Fsp3) is 0.159. The Morgan fingerprint density at radius 3 is 1.48 bits per heavy atom. The van der Waals surface area contributed by atoms with Crippen molar-refractivity contribution in [1.82, 2.24) is 24.9 Å². The van der Waals surface area contributed by atoms with E-state index in [0.717, 1.165) is 5.69 Å². The van der Waals surface area contributed by atoms with Gasteiger partial charge in [-0.05, 0) is 83.5 Å². The van der Waals surface area contributed by atoms with Crippen molar-refractivity contribution < 1.29 is 28.8 Å². The van der Waals surface area contributed by atoms with Crippen LogP contribution in [0.25, 0.3) is 0 Å². The van der Waals surface area contributed by atoms with Gasteiger partial charge in [-0.25, -0.2) is 4.98 Å². The summed E-state index contributed by atoms with van der Waals surface area (Å²) >= 11 is 3.21. The molecule has 11 nitrogen and oxygen atoms in total. The highest BCUT2D eigenvalue weighted by atomic mass is 79.9. The van der Waals surface area contributed by atoms with Crippen LogP contribution in [0, 0.1) is 6.92 Å². The second kappa shape index (κ2) is 22.6. The average molecular weight is 813 g/mol. The Kier molecular flexibility index (Phi) is 17.1. The smallest absolute Gasteiger partial charge is 0.181 e. The quantitative estimate of drug-likeness (QED) is 0.0719. The number of ketones is 6. The largest absolute Gasteiger partial charge is 0.294 e. The molecule has 5 heterocycles. The summed E-state index contributed by atoms with van der Waals surface area (Å²) in [4.78, 5) is 90.9. The molecular formula is C44H38BrN5O6. The highest BCUT2D eigenvalue weighted by molar-refractivity contribution is 9.10. The molecule has 0 fully saturated rings. The van der Waals surface area contributed by atoms with Gasteiger partial charge in [-0.3, -0.25) is 48.7 Å². The van der Waals surface area contributed by atoms with Crippen LogP contribution in [0.2, 0.25) is 0 Å². The van der Waals surface area contributed by atoms with Crippen LogP contribution >= 0.6 is 15.9 Å². The van der Waals surface area contributed by atoms with Crippen LogP contribution in [-0.2, 0) is 0 Å². The number of hydrogen-bond acceptors (Lipinski definition) is 11. The van der Waals surface area contributed by atoms with Crippen LogP contribution in [0.15, 0.2) is 145 Å². The lowest BCUT2D eigenvalue weighted by molar-refractivity contribution is 0.0912. The first-order valence-corrected chi connectivity index (χ1v) is 18.4. The standard InChI is InChI=1S/C15H13BrN2O2.C15H13NO2.C14H12N2O2/c1-10-4-2-5-11(17-10)13(19)8-9-14(20)12-6-3-7-15(16)18-12;17-14(12-4-2-1-3-5-12)6-7-15(18)13-8-10-16-11-9-13;17-13(11-4-3-8-15-10-11)6-7-14(18)12-5-1-2-9-16-12/h2-7H,8-9H2,1H3;1-5,8-11H,6-7H2;1-5,8-10H,6-7H2. The lowest BCUT2D eigenvalue weighted by Crippen LogP contribution is -2.08. The first-order chi connectivity index (χ1) is 27.1. The monoisotopic (exact) mass is 811 g/mol. The van der Waals surface area contributed by atoms with Gasteiger partial charge in [0.05, 0.1) is 0 Å². The van der Waals surface area contributed by atoms with Crippen molar-refractivity contribution in [3.63, 3.8) is 0 Å². The zero-order chi connectivity index (χ0) is 40.1. The molecule has 1 aromatic carbocycles. The Morgan fingerprint density at radius 1 is 0.429 bits per heavy atom. The average Bonchev–Trinajstić information content (AvgIpc) is 3.25. The van der Waals surface area contributed by atoms with Crippen molar-refractivity contribution in [3.05, 3.63) is 184 Å². The number of carbonyl (C=O) groups excluding carboxylic acids is 6. The number of rotatable bonds is 15. The highest BCUT2D eigenvalue weighted by Gasteiger charge is 2.14. The molecule has 0 aliphatic carbocycles. The lowest BCUT2D eigenvalue weighted by Gasteiger charge is -2.02. The van der Waals surface area contributed by atoms with Crippen LogP contribution < -0.4 is 0 Å². The summed E-state index contributed by atoms with van der Waals surface area (Å²) in [6.07, 6.45) is 8.94. The lowest BCUT2D eigenvalue weighted by atomic mass is 10.0. The molecule has 0 N–H and O–H groups in total. The van der Waals surface area contributed by atoms with Crippen LogP contribution in [0.5, 0.6) is 0 Å². The molecule has 282 valence electrons. The van der Waals surface area contributed by atoms with E-state index in [1.54, 1.807) is 110 Å². The number of aromatic nitrogens is 5. The number of aryl methyl sites for hydroxylation is 1. The van der Waals surface area contributed by atoms with Gasteiger partial charge in [0.15, 0.2) is 34.7 Å². The highest BCUT2D eigenvalue weighted by Crippen LogP contribution is 2.12. The molecular weight excluding hydrogens is 774 g/mol. The van der Waals surface area contributed by atoms with E-state index in [9.17, 15) is 28.8 Å². The zero-order valence-corrected chi connectivity index (χ0v) is 32.2. The first-order valence-electron chi connectivity index (χ1n) is 17.6. The van der Waals surface area contributed by atoms with Gasteiger partial charge in [0, 0.05) is 91.9 Å². The van der Waals surface area contributed by atoms with Gasteiger partial charge < -0.3 is 0 Å². The van der Waals surface area contributed by atoms with Crippen molar-refractivity contribution in [2.24, 2.45) is 0 Å². The number of benzene rings is 1. The SMILES string of the molecule is Cc1cccc(C(=O)CCC(=O)c2cccc(Br)n2)n1.O=C(CCC(=O)c1ccccn1)c1cccnc1.O=C(CCC(=O)c1ccncc1)c1ccccc1. The minimum absolute atomic E-state index is 0.00185. The van der Waals surface area contributed by atoms with E-state index in [1.165, 1.54) is 6.20 Å². The van der Waals surface area contributed by atoms with Gasteiger partial charge in [0.25, 0.3) is 0 Å². The molecule has 5 aromatic heterocycles. The second-order valence-corrected chi connectivity index (χ2v) is 12.9. The first kappa shape index (κ1) is 42.2. The fourth-order valence-electron chi connectivity index (χ4n) is 4.98. The maximum absolute atomic E-state index is 12.0. The summed E-state index contributed by atoms with van der Waals surface area (Å²) in [5.74, 6) is -0.496. The van der Waals surface area contributed by atoms with Gasteiger partial charge in [-0.2, -0.15) is 0 Å². The molecule has 0 radical (unpaired) electrons. The molecule has 0 amide bonds. The van der Waals surface area contributed by atoms with Crippen molar-refractivity contribution in [3.8, 4) is 0 Å². The third-order valence-corrected chi connectivity index (χ3v) is 8.39. The Hall–Kier alpha value is -6.53. The van der Waals surface area contributed by atoms with Crippen LogP contribution in [0.3, 0.4) is 0 Å². The van der Waals surface area contributed by atoms with Crippen molar-refractivity contribution in [1.29, 1.82) is 0 Å². The fourth-order valence-corrected chi connectivity index (χ4v) is 5.32. The molecule has 12 heteroatoms. The Morgan fingerprint density at radius 2 is 0.929 bits per heavy atom. The second-order valence-electron chi connectivity index (χ2n) is 12.1. The van der Waals surface area contributed by atoms with Crippen molar-refractivity contribution in [2.45, 2.75) is 45.4 Å². The number of Topliss-reactive ketones (excluding diaryl/α,β-unsaturated/α-hetero) is 6. The van der Waals surface area contributed by atoms with Crippen molar-refractivity contribution >= 4 is 50.6 Å². The molecule has 56 heavy (non-hydrogen) atoms. The van der Waals surface area contributed by atoms with Gasteiger partial charge in [-0.1, -0.05) is 48.5 Å². The summed E-state index contributed by atoms with van der Waals surface area (Å²) in [6, 6.07) is 31.3. The Bertz CT molecular complexity index is 1980. The van der Waals surface area contributed by atoms with Crippen LogP contribution in [0.1, 0.15) is 107 Å². The minimum Gasteiger partial charge on any atom is -0.294 e. The third-order valence-electron chi connectivity index (χ3n) is 7.94. The molecule has 0 saturated heterocycles. The number of pyridine rings is 5. The zero-order valence-electron chi connectivity index (χ0n) is 30.6. The number of hydrogen-bond donors (Lipinski definition) is 0. The third kappa shape index (κ3) is 14.4. The molecule has 0 aliphatic heterocycles. The summed E-state index contributed by atoms with van der Waals surface area (Å²) in [5, 5.41) is 0. The van der Waals surface area contributed by atoms with E-state index in [1.807, 2.05) is 31.2 Å². The van der Waals surface area contributed by atoms with E-state index in [-0.39, 0.29) is 73.2 Å². The van der Waals surface area contributed by atoms with E-state index in [0.29, 0.717) is 38.4 Å². The molecule has 6 rings (SSSR count). The summed E-state index contributed by atoms with van der Waals surface area (Å²) < 4.78 is 0.607. The number of carbonyl (C=O) groups is 6. The van der Waals surface area contributed by atoms with E-state index < -0.39 is 0 Å². The van der Waals surface area contributed by atoms with Gasteiger partial charge in [0.2, 0.25) is 0 Å². The molecule has 0 spiro atoms. The number of nitrogens with zero attached hydrogens (tertiary/aromatic N) is 5. The maximum Gasteiger partial charge on any atom is 0.181 e. The molecule has 6 aromatic rings. The Labute approximate surface area is 332 Å². The predicted octanol–water partition coefficient (Wildman–Crippen LogP) is 8.64. The minimum atomic E-state index is -0.146. The summed E-state index contributed by atoms with van der Waals surface area (Å²) in [5.41, 5.74) is 3.74. The molecule has 0 unspecified atom stereocenters. The predicted molar refractivity (Wildman–Crippen MR) is 214 cm³/mol. The summed E-state index contributed by atoms with van der Waals surface area (Å²) in [6.45, 7) is 1.83. The molecule has 0 aliphatic rings. The van der Waals surface area contributed by atoms with Crippen molar-refractivity contribution in [2.75, 3.05) is 0 Å². The topological polar surface area (TPSA) is 167 Å². The normalized spacial score (nSPS) is 10.1. The molecule has 0 atom stereocenters. The molecule has 0 saturated carbocycles. The maximum atomic E-state index is 12.0. The van der Waals surface area contributed by atoms with Crippen LogP contribution in [0.4, 0.5) is 0 Å². The van der Waals surface area contributed by atoms with Gasteiger partial charge in [-0.15, -0.1) is 0 Å². The van der Waals surface area contributed by atoms with E-state index in [2.05, 4.69) is 40.8 Å². The van der Waals surface area contributed by atoms with E-state index >= 15 is 0 Å². The van der Waals surface area contributed by atoms with E-state index in [4.69, 9.17) is 0 Å². The summed E-state index contributed by atoms with van der Waals surface area (Å²) in [7, 11) is 0. The van der Waals surface area contributed by atoms with Gasteiger partial charge in [0.1, 0.15) is 21.7 Å². The Balaban J connectivity index is 0.000000187.